The Bertz CT molecular complexity index is 1260. The van der Waals surface area contributed by atoms with Gasteiger partial charge in [0.25, 0.3) is 0 Å². The van der Waals surface area contributed by atoms with Gasteiger partial charge in [-0.3, -0.25) is 9.78 Å². The number of thioether (sulfide) groups is 1. The molecule has 0 bridgehead atoms. The summed E-state index contributed by atoms with van der Waals surface area (Å²) in [5, 5.41) is 14.2. The second-order valence-corrected chi connectivity index (χ2v) is 8.71. The third-order valence-electron chi connectivity index (χ3n) is 4.70. The molecule has 0 spiro atoms. The van der Waals surface area contributed by atoms with Gasteiger partial charge in [0, 0.05) is 35.9 Å². The van der Waals surface area contributed by atoms with E-state index in [1.807, 2.05) is 59.5 Å². The number of pyridine rings is 1. The fourth-order valence-corrected chi connectivity index (χ4v) is 4.85. The molecule has 0 aliphatic rings. The standard InChI is InChI=1S/C23H21N5O3S2/c1-3-31-22(30)19-17(15-8-5-4-6-9-15)13-32-21(19)25-18(29)14-33-23-27-26-20(28(23)2)16-10-7-11-24-12-16/h4-13H,3,14H2,1-2H3,(H,25,29). The summed E-state index contributed by atoms with van der Waals surface area (Å²) >= 11 is 2.56. The lowest BCUT2D eigenvalue weighted by Crippen LogP contribution is -2.16. The van der Waals surface area contributed by atoms with Crippen LogP contribution in [0.4, 0.5) is 5.00 Å². The zero-order chi connectivity index (χ0) is 23.2. The van der Waals surface area contributed by atoms with E-state index in [9.17, 15) is 9.59 Å². The van der Waals surface area contributed by atoms with Crippen molar-refractivity contribution in [2.24, 2.45) is 7.05 Å². The normalized spacial score (nSPS) is 10.7. The van der Waals surface area contributed by atoms with Crippen molar-refractivity contribution in [3.05, 3.63) is 65.8 Å². The van der Waals surface area contributed by atoms with Crippen LogP contribution in [0, 0.1) is 0 Å². The third kappa shape index (κ3) is 5.12. The summed E-state index contributed by atoms with van der Waals surface area (Å²) in [5.41, 5.74) is 2.82. The smallest absolute Gasteiger partial charge is 0.341 e. The second kappa shape index (κ2) is 10.4. The van der Waals surface area contributed by atoms with Crippen molar-refractivity contribution < 1.29 is 14.3 Å². The Labute approximate surface area is 199 Å². The van der Waals surface area contributed by atoms with E-state index in [1.165, 1.54) is 23.1 Å². The van der Waals surface area contributed by atoms with E-state index in [1.54, 1.807) is 19.3 Å². The fourth-order valence-electron chi connectivity index (χ4n) is 3.17. The second-order valence-electron chi connectivity index (χ2n) is 6.88. The van der Waals surface area contributed by atoms with Gasteiger partial charge in [-0.1, -0.05) is 42.1 Å². The predicted octanol–water partition coefficient (Wildman–Crippen LogP) is 4.51. The van der Waals surface area contributed by atoms with E-state index in [-0.39, 0.29) is 18.3 Å². The van der Waals surface area contributed by atoms with Crippen LogP contribution >= 0.6 is 23.1 Å². The van der Waals surface area contributed by atoms with Crippen LogP contribution in [0.3, 0.4) is 0 Å². The number of aromatic nitrogens is 4. The number of amides is 1. The number of benzene rings is 1. The topological polar surface area (TPSA) is 99.0 Å². The minimum Gasteiger partial charge on any atom is -0.462 e. The number of carbonyl (C=O) groups is 2. The monoisotopic (exact) mass is 479 g/mol. The first-order valence-corrected chi connectivity index (χ1v) is 12.0. The summed E-state index contributed by atoms with van der Waals surface area (Å²) in [4.78, 5) is 29.5. The van der Waals surface area contributed by atoms with E-state index < -0.39 is 5.97 Å². The number of ether oxygens (including phenoxy) is 1. The number of rotatable bonds is 8. The molecule has 33 heavy (non-hydrogen) atoms. The molecule has 0 aliphatic carbocycles. The quantitative estimate of drug-likeness (QED) is 0.293. The molecule has 168 valence electrons. The lowest BCUT2D eigenvalue weighted by molar-refractivity contribution is -0.113. The van der Waals surface area contributed by atoms with Crippen LogP contribution in [0.15, 0.2) is 65.4 Å². The molecule has 3 aromatic heterocycles. The number of thiophene rings is 1. The number of nitrogens with one attached hydrogen (secondary N) is 1. The number of esters is 1. The first-order valence-electron chi connectivity index (χ1n) is 10.1. The van der Waals surface area contributed by atoms with Crippen molar-refractivity contribution >= 4 is 40.0 Å². The van der Waals surface area contributed by atoms with Crippen molar-refractivity contribution in [3.8, 4) is 22.5 Å². The highest BCUT2D eigenvalue weighted by Gasteiger charge is 2.23. The van der Waals surface area contributed by atoms with Gasteiger partial charge in [0.05, 0.1) is 12.4 Å². The molecule has 0 radical (unpaired) electrons. The average Bonchev–Trinajstić information content (AvgIpc) is 3.42. The minimum atomic E-state index is -0.463. The van der Waals surface area contributed by atoms with Gasteiger partial charge in [0.1, 0.15) is 10.6 Å². The van der Waals surface area contributed by atoms with Gasteiger partial charge < -0.3 is 14.6 Å². The zero-order valence-electron chi connectivity index (χ0n) is 18.0. The summed E-state index contributed by atoms with van der Waals surface area (Å²) < 4.78 is 7.06. The number of nitrogens with zero attached hydrogens (tertiary/aromatic N) is 4. The van der Waals surface area contributed by atoms with E-state index in [4.69, 9.17) is 4.74 Å². The molecule has 0 saturated carbocycles. The summed E-state index contributed by atoms with van der Waals surface area (Å²) in [5.74, 6) is 0.0640. The van der Waals surface area contributed by atoms with E-state index in [0.29, 0.717) is 21.5 Å². The minimum absolute atomic E-state index is 0.111. The molecule has 0 aliphatic heterocycles. The molecular formula is C23H21N5O3S2. The van der Waals surface area contributed by atoms with Gasteiger partial charge in [-0.2, -0.15) is 0 Å². The van der Waals surface area contributed by atoms with Crippen molar-refractivity contribution in [1.29, 1.82) is 0 Å². The van der Waals surface area contributed by atoms with Crippen LogP contribution < -0.4 is 5.32 Å². The number of carbonyl (C=O) groups excluding carboxylic acids is 2. The van der Waals surface area contributed by atoms with Crippen molar-refractivity contribution in [2.45, 2.75) is 12.1 Å². The van der Waals surface area contributed by atoms with Gasteiger partial charge in [-0.15, -0.1) is 21.5 Å². The number of hydrogen-bond donors (Lipinski definition) is 1. The molecule has 4 aromatic rings. The van der Waals surface area contributed by atoms with Gasteiger partial charge in [0.15, 0.2) is 11.0 Å². The molecule has 8 nitrogen and oxygen atoms in total. The molecule has 0 fully saturated rings. The Morgan fingerprint density at radius 3 is 2.64 bits per heavy atom. The van der Waals surface area contributed by atoms with E-state index in [0.717, 1.165) is 16.7 Å². The summed E-state index contributed by atoms with van der Waals surface area (Å²) in [7, 11) is 1.84. The SMILES string of the molecule is CCOC(=O)c1c(-c2ccccc2)csc1NC(=O)CSc1nnc(-c2cccnc2)n1C. The van der Waals surface area contributed by atoms with Crippen LogP contribution in [0.2, 0.25) is 0 Å². The molecule has 0 atom stereocenters. The van der Waals surface area contributed by atoms with Crippen LogP contribution in [-0.2, 0) is 16.6 Å². The number of anilines is 1. The fraction of sp³-hybridized carbons (Fsp3) is 0.174. The molecule has 1 aromatic carbocycles. The lowest BCUT2D eigenvalue weighted by Gasteiger charge is -2.09. The van der Waals surface area contributed by atoms with Crippen LogP contribution in [0.25, 0.3) is 22.5 Å². The van der Waals surface area contributed by atoms with Gasteiger partial charge >= 0.3 is 5.97 Å². The van der Waals surface area contributed by atoms with Gasteiger partial charge in [-0.25, -0.2) is 4.79 Å². The average molecular weight is 480 g/mol. The predicted molar refractivity (Wildman–Crippen MR) is 129 cm³/mol. The molecule has 0 saturated heterocycles. The van der Waals surface area contributed by atoms with Gasteiger partial charge in [0.2, 0.25) is 5.91 Å². The molecule has 1 amide bonds. The summed E-state index contributed by atoms with van der Waals surface area (Å²) in [6.07, 6.45) is 3.40. The van der Waals surface area contributed by atoms with E-state index >= 15 is 0 Å². The van der Waals surface area contributed by atoms with Crippen LogP contribution in [0.5, 0.6) is 0 Å². The molecule has 4 rings (SSSR count). The van der Waals surface area contributed by atoms with Crippen LogP contribution in [0.1, 0.15) is 17.3 Å². The van der Waals surface area contributed by atoms with Crippen molar-refractivity contribution in [2.75, 3.05) is 17.7 Å². The Kier molecular flexibility index (Phi) is 7.16. The first-order chi connectivity index (χ1) is 16.1. The maximum absolute atomic E-state index is 12.7. The summed E-state index contributed by atoms with van der Waals surface area (Å²) in [6, 6.07) is 13.3. The molecule has 10 heteroatoms. The van der Waals surface area contributed by atoms with E-state index in [2.05, 4.69) is 20.5 Å². The van der Waals surface area contributed by atoms with Gasteiger partial charge in [-0.05, 0) is 24.6 Å². The van der Waals surface area contributed by atoms with Crippen molar-refractivity contribution in [3.63, 3.8) is 0 Å². The maximum Gasteiger partial charge on any atom is 0.341 e. The van der Waals surface area contributed by atoms with Crippen LogP contribution in [-0.4, -0.2) is 44.0 Å². The largest absolute Gasteiger partial charge is 0.462 e. The third-order valence-corrected chi connectivity index (χ3v) is 6.61. The number of hydrogen-bond acceptors (Lipinski definition) is 8. The molecule has 3 heterocycles. The molecular weight excluding hydrogens is 458 g/mol. The molecule has 1 N–H and O–H groups in total. The Morgan fingerprint density at radius 2 is 1.91 bits per heavy atom. The lowest BCUT2D eigenvalue weighted by atomic mass is 10.0. The maximum atomic E-state index is 12.7. The molecule has 0 unspecified atom stereocenters. The first kappa shape index (κ1) is 22.7. The zero-order valence-corrected chi connectivity index (χ0v) is 19.7. The summed E-state index contributed by atoms with van der Waals surface area (Å²) in [6.45, 7) is 2.00. The Hall–Kier alpha value is -3.50. The Balaban J connectivity index is 1.49. The van der Waals surface area contributed by atoms with Crippen molar-refractivity contribution in [1.82, 2.24) is 19.7 Å². The highest BCUT2D eigenvalue weighted by Crippen LogP contribution is 2.36. The Morgan fingerprint density at radius 1 is 1.12 bits per heavy atom. The highest BCUT2D eigenvalue weighted by atomic mass is 32.2. The highest BCUT2D eigenvalue weighted by molar-refractivity contribution is 7.99.